The third kappa shape index (κ3) is 2.85. The second-order valence-electron chi connectivity index (χ2n) is 5.22. The van der Waals surface area contributed by atoms with Crippen LogP contribution in [0, 0.1) is 0 Å². The average molecular weight is 274 g/mol. The summed E-state index contributed by atoms with van der Waals surface area (Å²) in [6.07, 6.45) is 0.322. The van der Waals surface area contributed by atoms with Gasteiger partial charge in [0.2, 0.25) is 0 Å². The lowest BCUT2D eigenvalue weighted by Gasteiger charge is -2.12. The van der Waals surface area contributed by atoms with Crippen molar-refractivity contribution in [2.75, 3.05) is 20.7 Å². The number of benzene rings is 1. The van der Waals surface area contributed by atoms with Gasteiger partial charge in [-0.3, -0.25) is 4.79 Å². The van der Waals surface area contributed by atoms with Gasteiger partial charge in [-0.1, -0.05) is 18.2 Å². The van der Waals surface area contributed by atoms with E-state index >= 15 is 0 Å². The van der Waals surface area contributed by atoms with Crippen LogP contribution in [0.15, 0.2) is 24.3 Å². The van der Waals surface area contributed by atoms with E-state index in [2.05, 4.69) is 21.6 Å². The molecule has 20 heavy (non-hydrogen) atoms. The van der Waals surface area contributed by atoms with Crippen molar-refractivity contribution in [1.82, 2.24) is 9.47 Å². The molecular weight excluding hydrogens is 252 g/mol. The van der Waals surface area contributed by atoms with Crippen LogP contribution in [0.4, 0.5) is 0 Å². The van der Waals surface area contributed by atoms with Crippen molar-refractivity contribution in [2.45, 2.75) is 19.9 Å². The van der Waals surface area contributed by atoms with E-state index < -0.39 is 0 Å². The van der Waals surface area contributed by atoms with Gasteiger partial charge >= 0.3 is 5.97 Å². The highest BCUT2D eigenvalue weighted by atomic mass is 16.5. The second-order valence-corrected chi connectivity index (χ2v) is 5.22. The lowest BCUT2D eigenvalue weighted by Crippen LogP contribution is -2.16. The third-order valence-corrected chi connectivity index (χ3v) is 3.44. The van der Waals surface area contributed by atoms with E-state index in [0.29, 0.717) is 13.0 Å². The molecule has 0 unspecified atom stereocenters. The summed E-state index contributed by atoms with van der Waals surface area (Å²) in [5.74, 6) is -0.168. The zero-order valence-corrected chi connectivity index (χ0v) is 12.6. The minimum absolute atomic E-state index is 0.168. The van der Waals surface area contributed by atoms with Crippen molar-refractivity contribution in [2.24, 2.45) is 7.05 Å². The van der Waals surface area contributed by atoms with Crippen molar-refractivity contribution < 1.29 is 9.53 Å². The summed E-state index contributed by atoms with van der Waals surface area (Å²) in [4.78, 5) is 14.0. The zero-order chi connectivity index (χ0) is 14.7. The number of carbonyl (C=O) groups excluding carboxylic acids is 1. The van der Waals surface area contributed by atoms with Gasteiger partial charge in [0.25, 0.3) is 0 Å². The summed E-state index contributed by atoms with van der Waals surface area (Å²) >= 11 is 0. The van der Waals surface area contributed by atoms with E-state index in [1.807, 2.05) is 40.2 Å². The molecule has 0 saturated carbocycles. The monoisotopic (exact) mass is 274 g/mol. The van der Waals surface area contributed by atoms with Crippen LogP contribution < -0.4 is 0 Å². The van der Waals surface area contributed by atoms with Crippen LogP contribution in [0.5, 0.6) is 0 Å². The number of hydrogen-bond donors (Lipinski definition) is 0. The molecule has 0 amide bonds. The minimum Gasteiger partial charge on any atom is -0.466 e. The third-order valence-electron chi connectivity index (χ3n) is 3.44. The molecule has 0 aliphatic heterocycles. The highest BCUT2D eigenvalue weighted by molar-refractivity contribution is 5.87. The van der Waals surface area contributed by atoms with Gasteiger partial charge in [-0.15, -0.1) is 0 Å². The Labute approximate surface area is 119 Å². The lowest BCUT2D eigenvalue weighted by atomic mass is 10.1. The van der Waals surface area contributed by atoms with Gasteiger partial charge in [0.1, 0.15) is 0 Å². The first-order valence-corrected chi connectivity index (χ1v) is 6.90. The standard InChI is InChI=1S/C16H22N2O2/c1-5-20-16(19)10-15-13(11-17(2)3)12-8-6-7-9-14(12)18(15)4/h6-9H,5,10-11H2,1-4H3. The molecular formula is C16H22N2O2. The predicted molar refractivity (Wildman–Crippen MR) is 80.6 cm³/mol. The van der Waals surface area contributed by atoms with Gasteiger partial charge in [0, 0.05) is 30.2 Å². The van der Waals surface area contributed by atoms with Gasteiger partial charge in [-0.05, 0) is 32.6 Å². The van der Waals surface area contributed by atoms with E-state index in [-0.39, 0.29) is 5.97 Å². The van der Waals surface area contributed by atoms with Crippen LogP contribution in [0.25, 0.3) is 10.9 Å². The number of esters is 1. The SMILES string of the molecule is CCOC(=O)Cc1c(CN(C)C)c2ccccc2n1C. The Balaban J connectivity index is 2.50. The number of carbonyl (C=O) groups is 1. The molecule has 0 saturated heterocycles. The van der Waals surface area contributed by atoms with Gasteiger partial charge in [0.15, 0.2) is 0 Å². The summed E-state index contributed by atoms with van der Waals surface area (Å²) in [6, 6.07) is 8.26. The minimum atomic E-state index is -0.168. The molecule has 1 aromatic heterocycles. The van der Waals surface area contributed by atoms with E-state index in [9.17, 15) is 4.79 Å². The molecule has 0 bridgehead atoms. The fraction of sp³-hybridized carbons (Fsp3) is 0.438. The number of nitrogens with zero attached hydrogens (tertiary/aromatic N) is 2. The first kappa shape index (κ1) is 14.6. The summed E-state index contributed by atoms with van der Waals surface area (Å²) < 4.78 is 7.19. The topological polar surface area (TPSA) is 34.5 Å². The van der Waals surface area contributed by atoms with E-state index in [1.165, 1.54) is 10.9 Å². The number of ether oxygens (including phenoxy) is 1. The number of aromatic nitrogens is 1. The molecule has 4 nitrogen and oxygen atoms in total. The highest BCUT2D eigenvalue weighted by Gasteiger charge is 2.18. The molecule has 0 aliphatic carbocycles. The number of rotatable bonds is 5. The molecule has 0 N–H and O–H groups in total. The Bertz CT molecular complexity index is 614. The fourth-order valence-corrected chi connectivity index (χ4v) is 2.59. The molecule has 0 atom stereocenters. The van der Waals surface area contributed by atoms with Gasteiger partial charge in [0.05, 0.1) is 13.0 Å². The Hall–Kier alpha value is -1.81. The van der Waals surface area contributed by atoms with Crippen LogP contribution in [0.2, 0.25) is 0 Å². The number of fused-ring (bicyclic) bond motifs is 1. The molecule has 2 aromatic rings. The Morgan fingerprint density at radius 2 is 2.00 bits per heavy atom. The smallest absolute Gasteiger partial charge is 0.311 e. The zero-order valence-electron chi connectivity index (χ0n) is 12.6. The van der Waals surface area contributed by atoms with Gasteiger partial charge in [-0.25, -0.2) is 0 Å². The molecule has 0 fully saturated rings. The van der Waals surface area contributed by atoms with Crippen molar-refractivity contribution >= 4 is 16.9 Å². The van der Waals surface area contributed by atoms with Crippen LogP contribution in [-0.4, -0.2) is 36.1 Å². The van der Waals surface area contributed by atoms with Crippen molar-refractivity contribution in [3.8, 4) is 0 Å². The van der Waals surface area contributed by atoms with Crippen molar-refractivity contribution in [3.63, 3.8) is 0 Å². The van der Waals surface area contributed by atoms with Crippen molar-refractivity contribution in [1.29, 1.82) is 0 Å². The number of hydrogen-bond acceptors (Lipinski definition) is 3. The maximum absolute atomic E-state index is 11.8. The summed E-state index contributed by atoms with van der Waals surface area (Å²) in [5, 5.41) is 1.21. The Kier molecular flexibility index (Phi) is 4.45. The quantitative estimate of drug-likeness (QED) is 0.785. The highest BCUT2D eigenvalue weighted by Crippen LogP contribution is 2.26. The van der Waals surface area contributed by atoms with Gasteiger partial charge < -0.3 is 14.2 Å². The number of para-hydroxylation sites is 1. The second kappa shape index (κ2) is 6.09. The molecule has 0 spiro atoms. The molecule has 4 heteroatoms. The van der Waals surface area contributed by atoms with E-state index in [1.54, 1.807) is 0 Å². The predicted octanol–water partition coefficient (Wildman–Crippen LogP) is 2.35. The van der Waals surface area contributed by atoms with Crippen LogP contribution in [0.1, 0.15) is 18.2 Å². The maximum Gasteiger partial charge on any atom is 0.311 e. The molecule has 1 heterocycles. The van der Waals surface area contributed by atoms with Gasteiger partial charge in [-0.2, -0.15) is 0 Å². The van der Waals surface area contributed by atoms with E-state index in [4.69, 9.17) is 4.74 Å². The van der Waals surface area contributed by atoms with Crippen LogP contribution in [-0.2, 0) is 29.5 Å². The molecule has 1 aromatic carbocycles. The first-order valence-electron chi connectivity index (χ1n) is 6.90. The molecule has 2 rings (SSSR count). The Morgan fingerprint density at radius 1 is 1.30 bits per heavy atom. The molecule has 108 valence electrons. The lowest BCUT2D eigenvalue weighted by molar-refractivity contribution is -0.142. The Morgan fingerprint density at radius 3 is 2.65 bits per heavy atom. The average Bonchev–Trinajstić information content (AvgIpc) is 2.65. The van der Waals surface area contributed by atoms with E-state index in [0.717, 1.165) is 17.8 Å². The van der Waals surface area contributed by atoms with Crippen LogP contribution in [0.3, 0.4) is 0 Å². The summed E-state index contributed by atoms with van der Waals surface area (Å²) in [5.41, 5.74) is 3.41. The largest absolute Gasteiger partial charge is 0.466 e. The number of aryl methyl sites for hydroxylation is 1. The fourth-order valence-electron chi connectivity index (χ4n) is 2.59. The summed E-state index contributed by atoms with van der Waals surface area (Å²) in [7, 11) is 6.09. The van der Waals surface area contributed by atoms with Crippen LogP contribution >= 0.6 is 0 Å². The molecule has 0 aliphatic rings. The summed E-state index contributed by atoms with van der Waals surface area (Å²) in [6.45, 7) is 3.07. The van der Waals surface area contributed by atoms with Crippen molar-refractivity contribution in [3.05, 3.63) is 35.5 Å². The normalized spacial score (nSPS) is 11.2. The maximum atomic E-state index is 11.8. The molecule has 0 radical (unpaired) electrons. The first-order chi connectivity index (χ1) is 9.54.